The Hall–Kier alpha value is -0.684. The molecule has 0 fully saturated rings. The van der Waals surface area contributed by atoms with E-state index in [9.17, 15) is 4.57 Å². The van der Waals surface area contributed by atoms with E-state index in [1.807, 2.05) is 75.4 Å². The fraction of sp³-hybridized carbons (Fsp3) is 0.143. The topological polar surface area (TPSA) is 44.8 Å². The zero-order chi connectivity index (χ0) is 18.6. The first kappa shape index (κ1) is 25.4. The van der Waals surface area contributed by atoms with Crippen molar-refractivity contribution in [1.29, 1.82) is 0 Å². The Balaban J connectivity index is -0.000000653. The Labute approximate surface area is 218 Å². The zero-order valence-corrected chi connectivity index (χ0v) is 20.9. The molecule has 0 bridgehead atoms. The molecule has 3 aromatic rings. The summed E-state index contributed by atoms with van der Waals surface area (Å²) in [7, 11) is -3.97. The molecule has 0 amide bonds. The second-order valence-corrected chi connectivity index (χ2v) is 7.46. The Kier molecular flexibility index (Phi) is 10.4. The molecule has 142 valence electrons. The summed E-state index contributed by atoms with van der Waals surface area (Å²) in [4.78, 5) is 0. The maximum atomic E-state index is 13.5. The predicted molar refractivity (Wildman–Crippen MR) is 119 cm³/mol. The first-order valence-electron chi connectivity index (χ1n) is 8.32. The molecule has 3 aromatic carbocycles. The van der Waals surface area contributed by atoms with Gasteiger partial charge in [0.1, 0.15) is 17.2 Å². The summed E-state index contributed by atoms with van der Waals surface area (Å²) < 4.78 is 30.8. The van der Waals surface area contributed by atoms with Crippen LogP contribution in [0.25, 0.3) is 0 Å². The van der Waals surface area contributed by atoms with Crippen LogP contribution in [0, 0.1) is 20.8 Å². The van der Waals surface area contributed by atoms with Crippen LogP contribution in [-0.2, 0) is 4.57 Å². The van der Waals surface area contributed by atoms with E-state index in [4.69, 9.17) is 13.6 Å². The minimum atomic E-state index is -3.97. The summed E-state index contributed by atoms with van der Waals surface area (Å²) in [6.07, 6.45) is 0. The van der Waals surface area contributed by atoms with E-state index in [1.54, 1.807) is 18.2 Å². The van der Waals surface area contributed by atoms with Crippen molar-refractivity contribution < 1.29 is 23.8 Å². The standard InChI is InChI=1S/C21H21O4P.Ca.Mg.4H/c1-16-10-4-7-13-19(16)23-26(22,24-20-14-8-5-11-17(20)2)25-21-15-9-6-12-18(21)3;;;;;;/h4-15H,1-3H3;;;;;;/q;2*+2;4*-1. The van der Waals surface area contributed by atoms with Crippen LogP contribution >= 0.6 is 7.82 Å². The number of aryl methyl sites for hydroxylation is 3. The normalized spacial score (nSPS) is 10.2. The number of hydrogen-bond acceptors (Lipinski definition) is 4. The van der Waals surface area contributed by atoms with E-state index < -0.39 is 7.82 Å². The van der Waals surface area contributed by atoms with Crippen molar-refractivity contribution in [2.75, 3.05) is 0 Å². The first-order valence-corrected chi connectivity index (χ1v) is 9.79. The van der Waals surface area contributed by atoms with Gasteiger partial charge >= 0.3 is 68.6 Å². The summed E-state index contributed by atoms with van der Waals surface area (Å²) in [6.45, 7) is 5.63. The molecule has 0 atom stereocenters. The number of rotatable bonds is 6. The third kappa shape index (κ3) is 6.69. The molecule has 0 aliphatic heterocycles. The van der Waals surface area contributed by atoms with Crippen LogP contribution in [0.1, 0.15) is 22.4 Å². The van der Waals surface area contributed by atoms with Crippen LogP contribution in [0.2, 0.25) is 0 Å². The number of hydrogen-bond donors (Lipinski definition) is 0. The summed E-state index contributed by atoms with van der Waals surface area (Å²) in [6, 6.07) is 22.0. The van der Waals surface area contributed by atoms with Crippen LogP contribution in [0.4, 0.5) is 0 Å². The van der Waals surface area contributed by atoms with Gasteiger partial charge in [-0.2, -0.15) is 4.57 Å². The average Bonchev–Trinajstić information content (AvgIpc) is 2.61. The van der Waals surface area contributed by atoms with Crippen LogP contribution < -0.4 is 13.6 Å². The van der Waals surface area contributed by atoms with Crippen molar-refractivity contribution in [3.63, 3.8) is 0 Å². The van der Waals surface area contributed by atoms with Crippen molar-refractivity contribution in [2.24, 2.45) is 0 Å². The average molecular weight is 437 g/mol. The van der Waals surface area contributed by atoms with Gasteiger partial charge in [0.25, 0.3) is 0 Å². The maximum Gasteiger partial charge on any atom is 2.00 e. The molecule has 0 aliphatic rings. The maximum absolute atomic E-state index is 13.5. The molecule has 7 heteroatoms. The van der Waals surface area contributed by atoms with Crippen molar-refractivity contribution >= 4 is 68.6 Å². The molecule has 4 nitrogen and oxygen atoms in total. The Morgan fingerprint density at radius 3 is 1.11 bits per heavy atom. The van der Waals surface area contributed by atoms with Gasteiger partial charge in [0.05, 0.1) is 0 Å². The van der Waals surface area contributed by atoms with Crippen LogP contribution in [0.15, 0.2) is 72.8 Å². The van der Waals surface area contributed by atoms with Crippen LogP contribution in [0.5, 0.6) is 17.2 Å². The number of benzene rings is 3. The number of phosphoric ester groups is 1. The summed E-state index contributed by atoms with van der Waals surface area (Å²) in [5.74, 6) is 1.37. The number of para-hydroxylation sites is 3. The van der Waals surface area contributed by atoms with Crippen molar-refractivity contribution in [2.45, 2.75) is 20.8 Å². The predicted octanol–water partition coefficient (Wildman–Crippen LogP) is 5.95. The summed E-state index contributed by atoms with van der Waals surface area (Å²) in [5.41, 5.74) is 2.53. The molecular weight excluding hydrogens is 412 g/mol. The molecule has 3 rings (SSSR count). The SMILES string of the molecule is Cc1ccccc1OP(=O)(Oc1ccccc1C)Oc1ccccc1C.[Ca+2].[H-].[H-].[H-].[H-].[Mg+2]. The fourth-order valence-corrected chi connectivity index (χ4v) is 3.84. The minimum Gasteiger partial charge on any atom is -1.00 e. The third-order valence-electron chi connectivity index (χ3n) is 3.91. The van der Waals surface area contributed by atoms with Gasteiger partial charge in [-0.05, 0) is 55.7 Å². The molecule has 0 radical (unpaired) electrons. The minimum absolute atomic E-state index is 0. The Morgan fingerprint density at radius 2 is 0.857 bits per heavy atom. The van der Waals surface area contributed by atoms with Crippen molar-refractivity contribution in [1.82, 2.24) is 0 Å². The van der Waals surface area contributed by atoms with Crippen molar-refractivity contribution in [3.8, 4) is 17.2 Å². The van der Waals surface area contributed by atoms with Gasteiger partial charge < -0.3 is 19.3 Å². The molecule has 0 N–H and O–H groups in total. The first-order chi connectivity index (χ1) is 12.5. The van der Waals surface area contributed by atoms with E-state index >= 15 is 0 Å². The van der Waals surface area contributed by atoms with Crippen LogP contribution in [-0.4, -0.2) is 60.8 Å². The molecule has 0 spiro atoms. The van der Waals surface area contributed by atoms with E-state index in [-0.39, 0.29) is 66.5 Å². The largest absolute Gasteiger partial charge is 2.00 e. The molecule has 0 aliphatic carbocycles. The van der Waals surface area contributed by atoms with Gasteiger partial charge in [0.2, 0.25) is 0 Å². The van der Waals surface area contributed by atoms with E-state index in [0.29, 0.717) is 17.2 Å². The summed E-state index contributed by atoms with van der Waals surface area (Å²) >= 11 is 0. The molecule has 28 heavy (non-hydrogen) atoms. The van der Waals surface area contributed by atoms with E-state index in [2.05, 4.69) is 0 Å². The molecule has 0 saturated carbocycles. The Morgan fingerprint density at radius 1 is 0.607 bits per heavy atom. The van der Waals surface area contributed by atoms with Crippen molar-refractivity contribution in [3.05, 3.63) is 89.5 Å². The molecule has 0 unspecified atom stereocenters. The summed E-state index contributed by atoms with van der Waals surface area (Å²) in [5, 5.41) is 0. The smallest absolute Gasteiger partial charge is 1.00 e. The number of phosphoric acid groups is 1. The molecular formula is C21H25CaMgO4P. The van der Waals surface area contributed by atoms with Gasteiger partial charge in [-0.3, -0.25) is 0 Å². The quantitative estimate of drug-likeness (QED) is 0.354. The second-order valence-electron chi connectivity index (χ2n) is 6.02. The third-order valence-corrected chi connectivity index (χ3v) is 5.17. The zero-order valence-electron chi connectivity index (χ0n) is 20.4. The van der Waals surface area contributed by atoms with Gasteiger partial charge in [-0.15, -0.1) is 0 Å². The fourth-order valence-electron chi connectivity index (χ4n) is 2.39. The Bertz CT molecular complexity index is 859. The monoisotopic (exact) mass is 436 g/mol. The molecule has 0 saturated heterocycles. The van der Waals surface area contributed by atoms with E-state index in [1.165, 1.54) is 0 Å². The van der Waals surface area contributed by atoms with Gasteiger partial charge in [0, 0.05) is 0 Å². The van der Waals surface area contributed by atoms with Gasteiger partial charge in [-0.25, -0.2) is 0 Å². The molecule has 0 heterocycles. The van der Waals surface area contributed by atoms with E-state index in [0.717, 1.165) is 16.7 Å². The molecule has 0 aromatic heterocycles. The second kappa shape index (κ2) is 11.5. The van der Waals surface area contributed by atoms with Crippen LogP contribution in [0.3, 0.4) is 0 Å². The van der Waals surface area contributed by atoms with Gasteiger partial charge in [-0.1, -0.05) is 54.6 Å². The van der Waals surface area contributed by atoms with Gasteiger partial charge in [0.15, 0.2) is 0 Å².